The van der Waals surface area contributed by atoms with Gasteiger partial charge in [-0.15, -0.1) is 0 Å². The Labute approximate surface area is 356 Å². The minimum absolute atomic E-state index is 0.0470. The minimum atomic E-state index is -0.203. The summed E-state index contributed by atoms with van der Waals surface area (Å²) in [7, 11) is 4.04. The molecule has 0 radical (unpaired) electrons. The van der Waals surface area contributed by atoms with E-state index >= 15 is 0 Å². The van der Waals surface area contributed by atoms with E-state index in [2.05, 4.69) is 50.3 Å². The van der Waals surface area contributed by atoms with Crippen molar-refractivity contribution in [3.8, 4) is 5.75 Å². The number of aromatic nitrogens is 6. The summed E-state index contributed by atoms with van der Waals surface area (Å²) in [5.41, 5.74) is 7.54. The van der Waals surface area contributed by atoms with Crippen molar-refractivity contribution in [1.82, 2.24) is 49.9 Å². The lowest BCUT2D eigenvalue weighted by molar-refractivity contribution is 0.0941. The van der Waals surface area contributed by atoms with Crippen LogP contribution in [0.15, 0.2) is 84.2 Å². The van der Waals surface area contributed by atoms with Crippen LogP contribution in [0.2, 0.25) is 0 Å². The average Bonchev–Trinajstić information content (AvgIpc) is 3.67. The first-order valence-electron chi connectivity index (χ1n) is 21.4. The lowest BCUT2D eigenvalue weighted by Gasteiger charge is -2.36. The van der Waals surface area contributed by atoms with E-state index in [0.717, 1.165) is 116 Å². The number of hydrogen-bond donors (Lipinski definition) is 3. The van der Waals surface area contributed by atoms with Gasteiger partial charge in [-0.3, -0.25) is 24.3 Å². The largest absolute Gasteiger partial charge is 0.492 e. The molecule has 1 aliphatic rings. The average molecular weight is 828 g/mol. The highest BCUT2D eigenvalue weighted by atomic mass is 16.5. The van der Waals surface area contributed by atoms with Crippen LogP contribution in [0.3, 0.4) is 0 Å². The van der Waals surface area contributed by atoms with Gasteiger partial charge >= 0.3 is 0 Å². The number of fused-ring (bicyclic) bond motifs is 2. The summed E-state index contributed by atoms with van der Waals surface area (Å²) in [6.07, 6.45) is 10.8. The number of pyridine rings is 4. The summed E-state index contributed by atoms with van der Waals surface area (Å²) in [5.74, 6) is 0.456. The predicted octanol–water partition coefficient (Wildman–Crippen LogP) is 5.05. The van der Waals surface area contributed by atoms with E-state index in [4.69, 9.17) is 4.74 Å². The van der Waals surface area contributed by atoms with Crippen molar-refractivity contribution in [2.45, 2.75) is 58.5 Å². The second-order valence-electron chi connectivity index (χ2n) is 15.9. The van der Waals surface area contributed by atoms with E-state index in [0.29, 0.717) is 49.7 Å². The maximum Gasteiger partial charge on any atom is 0.269 e. The zero-order valence-corrected chi connectivity index (χ0v) is 35.5. The molecule has 3 N–H and O–H groups in total. The van der Waals surface area contributed by atoms with Gasteiger partial charge in [0, 0.05) is 69.7 Å². The highest BCUT2D eigenvalue weighted by Gasteiger charge is 2.19. The fourth-order valence-corrected chi connectivity index (χ4v) is 7.49. The molecule has 1 saturated heterocycles. The zero-order valence-electron chi connectivity index (χ0n) is 35.5. The topological polar surface area (TPSA) is 166 Å². The number of nitrogens with one attached hydrogen (secondary N) is 3. The molecule has 0 unspecified atom stereocenters. The number of carbonyl (C=O) groups is 2. The first kappa shape index (κ1) is 42.9. The second-order valence-corrected chi connectivity index (χ2v) is 15.9. The first-order valence-corrected chi connectivity index (χ1v) is 21.4. The highest BCUT2D eigenvalue weighted by Crippen LogP contribution is 2.22. The van der Waals surface area contributed by atoms with E-state index < -0.39 is 0 Å². The first-order chi connectivity index (χ1) is 29.7. The summed E-state index contributed by atoms with van der Waals surface area (Å²) in [6, 6.07) is 19.2. The molecule has 1 aromatic carbocycles. The smallest absolute Gasteiger partial charge is 0.269 e. The SMILES string of the molecule is CCc1cc2ncc(CN3CCN(c4ccc(C(=O)NCCCCCCCNC(=O)c5ccc6ncn(Cc7ccccc7OCCN(C)C)c6n5)nc4)CC3)cc2[nH]c1=O. The van der Waals surface area contributed by atoms with Gasteiger partial charge in [-0.25, -0.2) is 15.0 Å². The van der Waals surface area contributed by atoms with Crippen molar-refractivity contribution in [2.75, 3.05) is 71.4 Å². The summed E-state index contributed by atoms with van der Waals surface area (Å²) in [5, 5.41) is 6.01. The van der Waals surface area contributed by atoms with Gasteiger partial charge in [0.15, 0.2) is 5.65 Å². The van der Waals surface area contributed by atoms with Crippen LogP contribution in [0.25, 0.3) is 22.2 Å². The molecule has 0 spiro atoms. The molecule has 1 fully saturated rings. The van der Waals surface area contributed by atoms with Gasteiger partial charge < -0.3 is 34.7 Å². The molecular formula is C46H57N11O4. The third-order valence-corrected chi connectivity index (χ3v) is 11.1. The van der Waals surface area contributed by atoms with Gasteiger partial charge in [0.05, 0.1) is 35.8 Å². The maximum absolute atomic E-state index is 13.0. The van der Waals surface area contributed by atoms with Gasteiger partial charge in [-0.05, 0) is 81.4 Å². The number of rotatable bonds is 20. The van der Waals surface area contributed by atoms with E-state index in [1.54, 1.807) is 24.7 Å². The lowest BCUT2D eigenvalue weighted by Crippen LogP contribution is -2.46. The van der Waals surface area contributed by atoms with E-state index in [1.165, 1.54) is 0 Å². The molecule has 320 valence electrons. The Morgan fingerprint density at radius 3 is 2.26 bits per heavy atom. The number of unbranched alkanes of at least 4 members (excludes halogenated alkanes) is 4. The minimum Gasteiger partial charge on any atom is -0.492 e. The number of likely N-dealkylation sites (N-methyl/N-ethyl adjacent to an activating group) is 1. The van der Waals surface area contributed by atoms with Crippen molar-refractivity contribution in [1.29, 1.82) is 0 Å². The fraction of sp³-hybridized carbons (Fsp3) is 0.413. The van der Waals surface area contributed by atoms with Crippen LogP contribution in [0, 0.1) is 0 Å². The lowest BCUT2D eigenvalue weighted by atomic mass is 10.1. The molecule has 1 aliphatic heterocycles. The quantitative estimate of drug-likeness (QED) is 0.0883. The third kappa shape index (κ3) is 11.6. The monoisotopic (exact) mass is 827 g/mol. The Bertz CT molecular complexity index is 2460. The summed E-state index contributed by atoms with van der Waals surface area (Å²) >= 11 is 0. The molecule has 0 atom stereocenters. The van der Waals surface area contributed by atoms with Crippen molar-refractivity contribution in [3.05, 3.63) is 118 Å². The number of piperazine rings is 1. The number of ether oxygens (including phenoxy) is 1. The van der Waals surface area contributed by atoms with Crippen molar-refractivity contribution < 1.29 is 14.3 Å². The Morgan fingerprint density at radius 1 is 0.787 bits per heavy atom. The number of nitrogens with zero attached hydrogens (tertiary/aromatic N) is 8. The molecule has 0 saturated carbocycles. The van der Waals surface area contributed by atoms with Crippen LogP contribution >= 0.6 is 0 Å². The Kier molecular flexibility index (Phi) is 14.7. The fourth-order valence-electron chi connectivity index (χ4n) is 7.49. The number of H-pyrrole nitrogens is 1. The molecule has 61 heavy (non-hydrogen) atoms. The summed E-state index contributed by atoms with van der Waals surface area (Å²) < 4.78 is 7.99. The number of hydrogen-bond acceptors (Lipinski definition) is 11. The van der Waals surface area contributed by atoms with Crippen LogP contribution in [-0.4, -0.2) is 118 Å². The van der Waals surface area contributed by atoms with Gasteiger partial charge in [0.2, 0.25) is 0 Å². The molecule has 6 heterocycles. The van der Waals surface area contributed by atoms with Gasteiger partial charge in [0.25, 0.3) is 17.4 Å². The highest BCUT2D eigenvalue weighted by molar-refractivity contribution is 5.94. The van der Waals surface area contributed by atoms with Gasteiger partial charge in [-0.1, -0.05) is 44.4 Å². The number of carbonyl (C=O) groups excluding carboxylic acids is 2. The molecule has 7 rings (SSSR count). The maximum atomic E-state index is 13.0. The second kappa shape index (κ2) is 20.9. The van der Waals surface area contributed by atoms with E-state index in [1.807, 2.05) is 80.3 Å². The van der Waals surface area contributed by atoms with Crippen molar-refractivity contribution in [2.24, 2.45) is 0 Å². The van der Waals surface area contributed by atoms with Crippen LogP contribution in [0.5, 0.6) is 5.75 Å². The summed E-state index contributed by atoms with van der Waals surface area (Å²) in [6.45, 7) is 9.29. The van der Waals surface area contributed by atoms with Crippen LogP contribution in [0.4, 0.5) is 5.69 Å². The molecule has 2 amide bonds. The van der Waals surface area contributed by atoms with Crippen LogP contribution < -0.4 is 25.8 Å². The number of imidazole rings is 1. The molecule has 15 heteroatoms. The number of anilines is 1. The molecule has 15 nitrogen and oxygen atoms in total. The molecule has 5 aromatic heterocycles. The molecule has 0 aliphatic carbocycles. The number of aryl methyl sites for hydroxylation is 1. The van der Waals surface area contributed by atoms with Crippen LogP contribution in [0.1, 0.15) is 76.7 Å². The Balaban J connectivity index is 0.762. The summed E-state index contributed by atoms with van der Waals surface area (Å²) in [4.78, 5) is 66.0. The number of benzene rings is 1. The number of amides is 2. The Morgan fingerprint density at radius 2 is 1.52 bits per heavy atom. The van der Waals surface area contributed by atoms with E-state index in [9.17, 15) is 14.4 Å². The van der Waals surface area contributed by atoms with Crippen LogP contribution in [-0.2, 0) is 19.5 Å². The number of aromatic amines is 1. The van der Waals surface area contributed by atoms with E-state index in [-0.39, 0.29) is 17.4 Å². The molecular weight excluding hydrogens is 771 g/mol. The van der Waals surface area contributed by atoms with Gasteiger partial charge in [0.1, 0.15) is 29.3 Å². The van der Waals surface area contributed by atoms with Crippen molar-refractivity contribution in [3.63, 3.8) is 0 Å². The molecule has 6 aromatic rings. The third-order valence-electron chi connectivity index (χ3n) is 11.1. The Hall–Kier alpha value is -6.19. The zero-order chi connectivity index (χ0) is 42.6. The number of para-hydroxylation sites is 1. The van der Waals surface area contributed by atoms with Gasteiger partial charge in [-0.2, -0.15) is 0 Å². The molecule has 0 bridgehead atoms. The van der Waals surface area contributed by atoms with Crippen molar-refractivity contribution >= 4 is 39.7 Å². The normalized spacial score (nSPS) is 13.3. The predicted molar refractivity (Wildman–Crippen MR) is 238 cm³/mol. The standard InChI is InChI=1S/C46H57N11O4/c1-4-34-27-40-41(53-44(34)58)26-33(28-49-40)30-55-20-22-56(23-21-55)36-14-15-38(50-29-36)45(59)47-18-10-6-5-7-11-19-48-46(60)39-17-16-37-43(52-39)57(32-51-37)31-35-12-8-9-13-42(35)61-25-24-54(2)3/h8-9,12-17,26-29,32H,4-7,10-11,18-25,30-31H2,1-3H3,(H,47,59)(H,48,60)(H,53,58).